The molecule has 1 fully saturated rings. The minimum atomic E-state index is -0.116. The Morgan fingerprint density at radius 2 is 1.20 bits per heavy atom. The Bertz CT molecular complexity index is 583. The van der Waals surface area contributed by atoms with Crippen molar-refractivity contribution < 1.29 is 13.9 Å². The lowest BCUT2D eigenvalue weighted by Gasteiger charge is -2.24. The quantitative estimate of drug-likeness (QED) is 0.603. The summed E-state index contributed by atoms with van der Waals surface area (Å²) in [5.74, 6) is 0.459. The Labute approximate surface area is 152 Å². The van der Waals surface area contributed by atoms with E-state index in [1.54, 1.807) is 13.0 Å². The Morgan fingerprint density at radius 3 is 1.56 bits per heavy atom. The Hall–Kier alpha value is -1.71. The highest BCUT2D eigenvalue weighted by Gasteiger charge is 2.13. The minimum Gasteiger partial charge on any atom is -0.353 e. The van der Waals surface area contributed by atoms with Gasteiger partial charge in [-0.15, -0.1) is 0 Å². The van der Waals surface area contributed by atoms with E-state index >= 15 is 0 Å². The number of hydrogen-bond acceptors (Lipinski definition) is 2. The Balaban J connectivity index is 0.000000188. The number of halogens is 1. The van der Waals surface area contributed by atoms with Crippen molar-refractivity contribution in [3.63, 3.8) is 0 Å². The van der Waals surface area contributed by atoms with Crippen LogP contribution >= 0.6 is 0 Å². The summed E-state index contributed by atoms with van der Waals surface area (Å²) in [4.78, 5) is 0. The highest BCUT2D eigenvalue weighted by molar-refractivity contribution is 5.21. The molecule has 0 radical (unpaired) electrons. The molecule has 138 valence electrons. The molecule has 1 aliphatic rings. The lowest BCUT2D eigenvalue weighted by Crippen LogP contribution is -2.27. The average molecular weight is 346 g/mol. The van der Waals surface area contributed by atoms with Crippen molar-refractivity contribution >= 4 is 0 Å². The molecule has 0 spiro atoms. The topological polar surface area (TPSA) is 18.5 Å². The summed E-state index contributed by atoms with van der Waals surface area (Å²) < 4.78 is 22.9. The van der Waals surface area contributed by atoms with Gasteiger partial charge in [-0.2, -0.15) is 0 Å². The zero-order chi connectivity index (χ0) is 18.8. The minimum absolute atomic E-state index is 0.0196. The van der Waals surface area contributed by atoms with Crippen LogP contribution < -0.4 is 0 Å². The molecule has 0 unspecified atom stereocenters. The monoisotopic (exact) mass is 346 g/mol. The molecule has 2 nitrogen and oxygen atoms in total. The van der Waals surface area contributed by atoms with Crippen LogP contribution in [-0.2, 0) is 9.47 Å². The third kappa shape index (κ3) is 9.37. The normalized spacial score (nSPS) is 19.2. The molecule has 1 aliphatic heterocycles. The Morgan fingerprint density at radius 1 is 0.760 bits per heavy atom. The third-order valence-corrected chi connectivity index (χ3v) is 3.78. The third-order valence-electron chi connectivity index (χ3n) is 3.78. The fourth-order valence-electron chi connectivity index (χ4n) is 2.03. The van der Waals surface area contributed by atoms with Crippen molar-refractivity contribution in [2.24, 2.45) is 5.92 Å². The maximum absolute atomic E-state index is 12.6. The maximum atomic E-state index is 12.6. The molecule has 0 bridgehead atoms. The zero-order valence-electron chi connectivity index (χ0n) is 16.3. The summed E-state index contributed by atoms with van der Waals surface area (Å²) in [5.41, 5.74) is 4.34. The summed E-state index contributed by atoms with van der Waals surface area (Å²) >= 11 is 0. The summed E-state index contributed by atoms with van der Waals surface area (Å²) in [7, 11) is 0. The molecule has 0 aromatic heterocycles. The molecule has 0 aliphatic carbocycles. The number of rotatable bonds is 0. The summed E-state index contributed by atoms with van der Waals surface area (Å²) in [6.45, 7) is 13.6. The van der Waals surface area contributed by atoms with Crippen molar-refractivity contribution in [1.82, 2.24) is 0 Å². The molecule has 25 heavy (non-hydrogen) atoms. The van der Waals surface area contributed by atoms with Crippen LogP contribution in [0.4, 0.5) is 4.39 Å². The van der Waals surface area contributed by atoms with Gasteiger partial charge in [0.25, 0.3) is 0 Å². The maximum Gasteiger partial charge on any atom is 0.154 e. The molecule has 0 atom stereocenters. The molecule has 3 heteroatoms. The molecule has 1 heterocycles. The predicted molar refractivity (Wildman–Crippen MR) is 102 cm³/mol. The van der Waals surface area contributed by atoms with Gasteiger partial charge >= 0.3 is 0 Å². The fraction of sp³-hybridized carbons (Fsp3) is 0.455. The van der Waals surface area contributed by atoms with Gasteiger partial charge in [0.1, 0.15) is 5.82 Å². The van der Waals surface area contributed by atoms with Gasteiger partial charge in [0.15, 0.2) is 6.29 Å². The van der Waals surface area contributed by atoms with Gasteiger partial charge in [0.2, 0.25) is 0 Å². The van der Waals surface area contributed by atoms with E-state index in [9.17, 15) is 4.39 Å². The highest BCUT2D eigenvalue weighted by Crippen LogP contribution is 2.08. The molecule has 0 N–H and O–H groups in total. The lowest BCUT2D eigenvalue weighted by atomic mass is 10.2. The number of benzene rings is 2. The predicted octanol–water partition coefficient (Wildman–Crippen LogP) is 5.76. The van der Waals surface area contributed by atoms with Crippen LogP contribution in [0.3, 0.4) is 0 Å². The van der Waals surface area contributed by atoms with Crippen molar-refractivity contribution in [2.75, 3.05) is 13.2 Å². The number of hydrogen-bond donors (Lipinski definition) is 0. The van der Waals surface area contributed by atoms with E-state index in [2.05, 4.69) is 45.0 Å². The van der Waals surface area contributed by atoms with Crippen molar-refractivity contribution in [3.8, 4) is 0 Å². The summed E-state index contributed by atoms with van der Waals surface area (Å²) in [6.07, 6.45) is 0.0196. The van der Waals surface area contributed by atoms with Crippen LogP contribution in [0.15, 0.2) is 42.5 Å². The molecule has 0 amide bonds. The van der Waals surface area contributed by atoms with Crippen LogP contribution in [0.2, 0.25) is 0 Å². The van der Waals surface area contributed by atoms with E-state index < -0.39 is 0 Å². The number of ether oxygens (including phenoxy) is 2. The van der Waals surface area contributed by atoms with E-state index in [0.717, 1.165) is 18.8 Å². The van der Waals surface area contributed by atoms with E-state index in [1.807, 2.05) is 19.9 Å². The molecule has 0 saturated carbocycles. The Kier molecular flexibility index (Phi) is 9.40. The molecular formula is C22H31FO2. The SMILES string of the molecule is CC1COC(C)OC1.Cc1ccc(C)c(F)c1.Cc1ccc(C)cc1. The largest absolute Gasteiger partial charge is 0.353 e. The van der Waals surface area contributed by atoms with Gasteiger partial charge in [0, 0.05) is 5.92 Å². The van der Waals surface area contributed by atoms with Gasteiger partial charge < -0.3 is 9.47 Å². The first-order chi connectivity index (χ1) is 11.8. The molecule has 1 saturated heterocycles. The van der Waals surface area contributed by atoms with Gasteiger partial charge in [-0.05, 0) is 51.8 Å². The van der Waals surface area contributed by atoms with Crippen LogP contribution in [-0.4, -0.2) is 19.5 Å². The van der Waals surface area contributed by atoms with Crippen molar-refractivity contribution in [3.05, 3.63) is 70.5 Å². The van der Waals surface area contributed by atoms with Crippen LogP contribution in [0.5, 0.6) is 0 Å². The standard InChI is InChI=1S/C8H9F.C8H10.C6H12O2/c1-6-3-4-7(2)8(9)5-6;1-7-3-5-8(2)6-4-7;1-5-3-7-6(2)8-4-5/h3-5H,1-2H3;3-6H,1-2H3;5-6H,3-4H2,1-2H3. The lowest BCUT2D eigenvalue weighted by molar-refractivity contribution is -0.187. The molecule has 2 aromatic rings. The zero-order valence-corrected chi connectivity index (χ0v) is 16.3. The summed E-state index contributed by atoms with van der Waals surface area (Å²) in [6, 6.07) is 13.7. The van der Waals surface area contributed by atoms with Gasteiger partial charge in [-0.3, -0.25) is 0 Å². The first kappa shape index (κ1) is 21.3. The first-order valence-electron chi connectivity index (χ1n) is 8.77. The highest BCUT2D eigenvalue weighted by atomic mass is 19.1. The van der Waals surface area contributed by atoms with Crippen LogP contribution in [0.25, 0.3) is 0 Å². The first-order valence-corrected chi connectivity index (χ1v) is 8.77. The molecule has 2 aromatic carbocycles. The van der Waals surface area contributed by atoms with Gasteiger partial charge in [-0.1, -0.05) is 54.4 Å². The van der Waals surface area contributed by atoms with Crippen LogP contribution in [0, 0.1) is 39.4 Å². The van der Waals surface area contributed by atoms with E-state index in [-0.39, 0.29) is 12.1 Å². The second-order valence-corrected chi connectivity index (χ2v) is 6.75. The molecular weight excluding hydrogens is 315 g/mol. The van der Waals surface area contributed by atoms with E-state index in [0.29, 0.717) is 11.5 Å². The molecule has 3 rings (SSSR count). The second-order valence-electron chi connectivity index (χ2n) is 6.75. The second kappa shape index (κ2) is 11.0. The van der Waals surface area contributed by atoms with Crippen LogP contribution in [0.1, 0.15) is 36.1 Å². The average Bonchev–Trinajstić information content (AvgIpc) is 2.58. The van der Waals surface area contributed by atoms with E-state index in [1.165, 1.54) is 17.2 Å². The summed E-state index contributed by atoms with van der Waals surface area (Å²) in [5, 5.41) is 0. The van der Waals surface area contributed by atoms with Crippen molar-refractivity contribution in [2.45, 2.75) is 47.8 Å². The smallest absolute Gasteiger partial charge is 0.154 e. The van der Waals surface area contributed by atoms with Gasteiger partial charge in [0.05, 0.1) is 13.2 Å². The van der Waals surface area contributed by atoms with E-state index in [4.69, 9.17) is 9.47 Å². The number of aryl methyl sites for hydroxylation is 4. The fourth-order valence-corrected chi connectivity index (χ4v) is 2.03. The van der Waals surface area contributed by atoms with Crippen molar-refractivity contribution in [1.29, 1.82) is 0 Å². The van der Waals surface area contributed by atoms with Gasteiger partial charge in [-0.25, -0.2) is 4.39 Å².